The lowest BCUT2D eigenvalue weighted by molar-refractivity contribution is -0.113. The van der Waals surface area contributed by atoms with Crippen molar-refractivity contribution in [3.63, 3.8) is 0 Å². The Bertz CT molecular complexity index is 901. The normalized spacial score (nSPS) is 11.0. The molecule has 3 rings (SSSR count). The lowest BCUT2D eigenvalue weighted by Gasteiger charge is -2.13. The first-order chi connectivity index (χ1) is 12.1. The molecule has 5 heteroatoms. The summed E-state index contributed by atoms with van der Waals surface area (Å²) in [6.07, 6.45) is 0.899. The molecule has 1 N–H and O–H groups in total. The molecule has 25 heavy (non-hydrogen) atoms. The first-order valence-electron chi connectivity index (χ1n) is 8.60. The summed E-state index contributed by atoms with van der Waals surface area (Å²) >= 11 is 1.48. The van der Waals surface area contributed by atoms with E-state index >= 15 is 0 Å². The zero-order chi connectivity index (χ0) is 17.8. The highest BCUT2D eigenvalue weighted by Crippen LogP contribution is 2.25. The summed E-state index contributed by atoms with van der Waals surface area (Å²) in [5.41, 5.74) is 5.29. The Balaban J connectivity index is 1.73. The van der Waals surface area contributed by atoms with Gasteiger partial charge in [0.15, 0.2) is 5.16 Å². The van der Waals surface area contributed by atoms with Crippen LogP contribution in [0.25, 0.3) is 11.0 Å². The number of carbonyl (C=O) groups is 1. The average molecular weight is 353 g/mol. The van der Waals surface area contributed by atoms with E-state index in [-0.39, 0.29) is 5.91 Å². The van der Waals surface area contributed by atoms with Gasteiger partial charge in [0, 0.05) is 12.2 Å². The summed E-state index contributed by atoms with van der Waals surface area (Å²) in [6, 6.07) is 14.2. The summed E-state index contributed by atoms with van der Waals surface area (Å²) in [5, 5.41) is 3.96. The Labute approximate surface area is 152 Å². The number of rotatable bonds is 6. The third-order valence-electron chi connectivity index (χ3n) is 4.27. The van der Waals surface area contributed by atoms with Crippen LogP contribution in [-0.4, -0.2) is 21.2 Å². The number of carbonyl (C=O) groups excluding carboxylic acids is 1. The Morgan fingerprint density at radius 3 is 2.72 bits per heavy atom. The van der Waals surface area contributed by atoms with Gasteiger partial charge in [0.2, 0.25) is 5.91 Å². The third-order valence-corrected chi connectivity index (χ3v) is 5.25. The Morgan fingerprint density at radius 2 is 1.96 bits per heavy atom. The number of hydrogen-bond donors (Lipinski definition) is 1. The van der Waals surface area contributed by atoms with Gasteiger partial charge in [-0.05, 0) is 43.5 Å². The lowest BCUT2D eigenvalue weighted by Crippen LogP contribution is -2.16. The van der Waals surface area contributed by atoms with E-state index in [9.17, 15) is 4.79 Å². The van der Waals surface area contributed by atoms with Gasteiger partial charge in [-0.25, -0.2) is 4.98 Å². The first-order valence-corrected chi connectivity index (χ1v) is 9.59. The Morgan fingerprint density at radius 1 is 1.16 bits per heavy atom. The smallest absolute Gasteiger partial charge is 0.234 e. The molecular formula is C20H23N3OS. The van der Waals surface area contributed by atoms with E-state index in [2.05, 4.69) is 40.8 Å². The van der Waals surface area contributed by atoms with Crippen molar-refractivity contribution in [2.24, 2.45) is 0 Å². The van der Waals surface area contributed by atoms with Gasteiger partial charge in [0.05, 0.1) is 16.8 Å². The second-order valence-corrected chi connectivity index (χ2v) is 6.87. The highest BCUT2D eigenvalue weighted by atomic mass is 32.2. The van der Waals surface area contributed by atoms with Crippen molar-refractivity contribution in [2.45, 2.75) is 38.9 Å². The van der Waals surface area contributed by atoms with Crippen LogP contribution in [0.2, 0.25) is 0 Å². The minimum atomic E-state index is 0.00343. The molecule has 1 heterocycles. The van der Waals surface area contributed by atoms with E-state index in [1.807, 2.05) is 37.3 Å². The van der Waals surface area contributed by atoms with Crippen molar-refractivity contribution in [3.05, 3.63) is 53.6 Å². The highest BCUT2D eigenvalue weighted by molar-refractivity contribution is 7.99. The monoisotopic (exact) mass is 353 g/mol. The summed E-state index contributed by atoms with van der Waals surface area (Å²) in [5.74, 6) is 0.351. The summed E-state index contributed by atoms with van der Waals surface area (Å²) in [4.78, 5) is 17.1. The zero-order valence-corrected chi connectivity index (χ0v) is 15.7. The van der Waals surface area contributed by atoms with Gasteiger partial charge in [0.25, 0.3) is 0 Å². The zero-order valence-electron chi connectivity index (χ0n) is 14.9. The molecule has 1 aromatic heterocycles. The van der Waals surface area contributed by atoms with E-state index in [4.69, 9.17) is 0 Å². The summed E-state index contributed by atoms with van der Waals surface area (Å²) < 4.78 is 2.15. The van der Waals surface area contributed by atoms with Gasteiger partial charge in [-0.15, -0.1) is 0 Å². The van der Waals surface area contributed by atoms with Crippen molar-refractivity contribution < 1.29 is 4.79 Å². The molecule has 3 aromatic rings. The van der Waals surface area contributed by atoms with Crippen molar-refractivity contribution >= 4 is 34.4 Å². The second kappa shape index (κ2) is 7.74. The van der Waals surface area contributed by atoms with Crippen LogP contribution >= 0.6 is 11.8 Å². The molecule has 0 saturated heterocycles. The van der Waals surface area contributed by atoms with Crippen LogP contribution in [0.15, 0.2) is 47.6 Å². The molecule has 0 fully saturated rings. The maximum absolute atomic E-state index is 12.5. The number of anilines is 1. The summed E-state index contributed by atoms with van der Waals surface area (Å²) in [7, 11) is 0. The van der Waals surface area contributed by atoms with E-state index < -0.39 is 0 Å². The molecule has 2 aromatic carbocycles. The maximum Gasteiger partial charge on any atom is 0.234 e. The third kappa shape index (κ3) is 3.71. The fraction of sp³-hybridized carbons (Fsp3) is 0.300. The van der Waals surface area contributed by atoms with E-state index in [1.165, 1.54) is 17.3 Å². The molecule has 0 saturated carbocycles. The SMILES string of the molecule is CCc1cccc(C)c1NC(=O)CSc1nc2ccccc2n1CC. The number of nitrogens with zero attached hydrogens (tertiary/aromatic N) is 2. The van der Waals surface area contributed by atoms with E-state index in [1.54, 1.807) is 0 Å². The molecule has 130 valence electrons. The number of para-hydroxylation sites is 3. The number of hydrogen-bond acceptors (Lipinski definition) is 3. The standard InChI is InChI=1S/C20H23N3OS/c1-4-15-10-8-9-14(3)19(15)22-18(24)13-25-20-21-16-11-6-7-12-17(16)23(20)5-2/h6-12H,4-5,13H2,1-3H3,(H,22,24). The topological polar surface area (TPSA) is 46.9 Å². The lowest BCUT2D eigenvalue weighted by atomic mass is 10.1. The average Bonchev–Trinajstić information content (AvgIpc) is 2.99. The van der Waals surface area contributed by atoms with Gasteiger partial charge < -0.3 is 9.88 Å². The number of aromatic nitrogens is 2. The Hall–Kier alpha value is -2.27. The van der Waals surface area contributed by atoms with Gasteiger partial charge in [0.1, 0.15) is 0 Å². The fourth-order valence-electron chi connectivity index (χ4n) is 2.98. The highest BCUT2D eigenvalue weighted by Gasteiger charge is 2.13. The molecular weight excluding hydrogens is 330 g/mol. The number of amides is 1. The Kier molecular flexibility index (Phi) is 5.43. The predicted molar refractivity (Wildman–Crippen MR) is 105 cm³/mol. The van der Waals surface area contributed by atoms with Crippen LogP contribution in [-0.2, 0) is 17.8 Å². The van der Waals surface area contributed by atoms with Crippen molar-refractivity contribution in [3.8, 4) is 0 Å². The molecule has 4 nitrogen and oxygen atoms in total. The molecule has 0 atom stereocenters. The molecule has 0 aliphatic heterocycles. The molecule has 0 unspecified atom stereocenters. The van der Waals surface area contributed by atoms with Crippen molar-refractivity contribution in [2.75, 3.05) is 11.1 Å². The molecule has 0 bridgehead atoms. The number of benzene rings is 2. The van der Waals surface area contributed by atoms with Gasteiger partial charge in [-0.3, -0.25) is 4.79 Å². The number of nitrogens with one attached hydrogen (secondary N) is 1. The first kappa shape index (κ1) is 17.5. The van der Waals surface area contributed by atoms with Gasteiger partial charge >= 0.3 is 0 Å². The summed E-state index contributed by atoms with van der Waals surface area (Å²) in [6.45, 7) is 7.06. The van der Waals surface area contributed by atoms with Crippen molar-refractivity contribution in [1.82, 2.24) is 9.55 Å². The minimum Gasteiger partial charge on any atom is -0.325 e. The van der Waals surface area contributed by atoms with Crippen LogP contribution in [0.4, 0.5) is 5.69 Å². The molecule has 0 aliphatic rings. The van der Waals surface area contributed by atoms with Crippen LogP contribution in [0.1, 0.15) is 25.0 Å². The number of thioether (sulfide) groups is 1. The quantitative estimate of drug-likeness (QED) is 0.656. The van der Waals surface area contributed by atoms with Gasteiger partial charge in [-0.1, -0.05) is 49.0 Å². The van der Waals surface area contributed by atoms with Gasteiger partial charge in [-0.2, -0.15) is 0 Å². The molecule has 0 aliphatic carbocycles. The fourth-order valence-corrected chi connectivity index (χ4v) is 3.86. The largest absolute Gasteiger partial charge is 0.325 e. The van der Waals surface area contributed by atoms with E-state index in [0.717, 1.165) is 40.4 Å². The molecule has 0 radical (unpaired) electrons. The number of fused-ring (bicyclic) bond motifs is 1. The van der Waals surface area contributed by atoms with Crippen LogP contribution in [0.3, 0.4) is 0 Å². The number of aryl methyl sites for hydroxylation is 3. The molecule has 0 spiro atoms. The predicted octanol–water partition coefficient (Wildman–Crippen LogP) is 4.66. The minimum absolute atomic E-state index is 0.00343. The molecule has 1 amide bonds. The van der Waals surface area contributed by atoms with Crippen molar-refractivity contribution in [1.29, 1.82) is 0 Å². The van der Waals surface area contributed by atoms with E-state index in [0.29, 0.717) is 5.75 Å². The maximum atomic E-state index is 12.5. The van der Waals surface area contributed by atoms with Crippen LogP contribution in [0, 0.1) is 6.92 Å². The van der Waals surface area contributed by atoms with Crippen LogP contribution in [0.5, 0.6) is 0 Å². The van der Waals surface area contributed by atoms with Crippen LogP contribution < -0.4 is 5.32 Å². The second-order valence-electron chi connectivity index (χ2n) is 5.93. The number of imidazole rings is 1.